The van der Waals surface area contributed by atoms with Crippen LogP contribution in [0, 0.1) is 11.8 Å². The molecular formula is C13H26N2O3. The highest BCUT2D eigenvalue weighted by molar-refractivity contribution is 5.79. The van der Waals surface area contributed by atoms with Gasteiger partial charge in [0.1, 0.15) is 0 Å². The molecule has 0 spiro atoms. The largest absolute Gasteiger partial charge is 0.383 e. The van der Waals surface area contributed by atoms with Crippen LogP contribution in [0.2, 0.25) is 0 Å². The van der Waals surface area contributed by atoms with Crippen LogP contribution in [-0.2, 0) is 14.3 Å². The smallest absolute Gasteiger partial charge is 0.226 e. The number of rotatable bonds is 6. The van der Waals surface area contributed by atoms with E-state index < -0.39 is 0 Å². The molecule has 1 fully saturated rings. The molecule has 0 aromatic rings. The Labute approximate surface area is 109 Å². The van der Waals surface area contributed by atoms with Crippen molar-refractivity contribution >= 4 is 5.91 Å². The van der Waals surface area contributed by atoms with Crippen molar-refractivity contribution < 1.29 is 14.3 Å². The summed E-state index contributed by atoms with van der Waals surface area (Å²) in [6.45, 7) is 7.15. The van der Waals surface area contributed by atoms with Gasteiger partial charge >= 0.3 is 0 Å². The summed E-state index contributed by atoms with van der Waals surface area (Å²) in [6.07, 6.45) is 0.861. The van der Waals surface area contributed by atoms with Crippen LogP contribution in [0.3, 0.4) is 0 Å². The quantitative estimate of drug-likeness (QED) is 0.728. The molecule has 0 saturated carbocycles. The average Bonchev–Trinajstić information content (AvgIpc) is 2.53. The summed E-state index contributed by atoms with van der Waals surface area (Å²) >= 11 is 0. The molecule has 0 aromatic heterocycles. The molecule has 106 valence electrons. The summed E-state index contributed by atoms with van der Waals surface area (Å²) in [5, 5.41) is 2.94. The number of amides is 1. The molecule has 1 aliphatic heterocycles. The molecule has 18 heavy (non-hydrogen) atoms. The molecule has 5 heteroatoms. The van der Waals surface area contributed by atoms with Crippen LogP contribution in [-0.4, -0.2) is 44.4 Å². The third-order valence-electron chi connectivity index (χ3n) is 3.74. The highest BCUT2D eigenvalue weighted by Crippen LogP contribution is 2.32. The van der Waals surface area contributed by atoms with Crippen LogP contribution in [0.25, 0.3) is 0 Å². The van der Waals surface area contributed by atoms with E-state index in [9.17, 15) is 4.79 Å². The fourth-order valence-electron chi connectivity index (χ4n) is 2.51. The molecule has 1 heterocycles. The molecule has 1 aliphatic rings. The van der Waals surface area contributed by atoms with Gasteiger partial charge in [-0.25, -0.2) is 0 Å². The zero-order valence-corrected chi connectivity index (χ0v) is 11.8. The summed E-state index contributed by atoms with van der Waals surface area (Å²) in [5.74, 6) is 0.273. The Morgan fingerprint density at radius 3 is 2.56 bits per heavy atom. The normalized spacial score (nSPS) is 33.4. The van der Waals surface area contributed by atoms with Crippen LogP contribution in [0.15, 0.2) is 0 Å². The van der Waals surface area contributed by atoms with Crippen LogP contribution in [0.1, 0.15) is 27.2 Å². The lowest BCUT2D eigenvalue weighted by molar-refractivity contribution is -0.127. The number of hydrogen-bond acceptors (Lipinski definition) is 4. The molecule has 0 radical (unpaired) electrons. The van der Waals surface area contributed by atoms with Gasteiger partial charge in [-0.2, -0.15) is 0 Å². The maximum absolute atomic E-state index is 12.1. The number of carbonyl (C=O) groups excluding carboxylic acids is 1. The molecule has 1 saturated heterocycles. The Bertz CT molecular complexity index is 273. The fourth-order valence-corrected chi connectivity index (χ4v) is 2.51. The van der Waals surface area contributed by atoms with E-state index in [0.717, 1.165) is 6.42 Å². The average molecular weight is 258 g/mol. The lowest BCUT2D eigenvalue weighted by atomic mass is 9.89. The molecule has 5 nitrogen and oxygen atoms in total. The number of nitrogens with one attached hydrogen (secondary N) is 1. The highest BCUT2D eigenvalue weighted by Gasteiger charge is 2.41. The van der Waals surface area contributed by atoms with Gasteiger partial charge in [-0.1, -0.05) is 6.92 Å². The summed E-state index contributed by atoms with van der Waals surface area (Å²) in [7, 11) is 1.62. The minimum Gasteiger partial charge on any atom is -0.383 e. The van der Waals surface area contributed by atoms with Gasteiger partial charge in [-0.05, 0) is 26.2 Å². The van der Waals surface area contributed by atoms with E-state index in [1.165, 1.54) is 0 Å². The third-order valence-corrected chi connectivity index (χ3v) is 3.74. The first kappa shape index (κ1) is 15.4. The van der Waals surface area contributed by atoms with Crippen molar-refractivity contribution in [3.8, 4) is 0 Å². The van der Waals surface area contributed by atoms with Crippen LogP contribution in [0.5, 0.6) is 0 Å². The predicted molar refractivity (Wildman–Crippen MR) is 70.1 cm³/mol. The topological polar surface area (TPSA) is 73.6 Å². The van der Waals surface area contributed by atoms with Crippen molar-refractivity contribution in [2.45, 2.75) is 45.4 Å². The molecule has 1 amide bonds. The van der Waals surface area contributed by atoms with E-state index in [1.54, 1.807) is 7.11 Å². The van der Waals surface area contributed by atoms with Crippen molar-refractivity contribution in [1.82, 2.24) is 5.32 Å². The van der Waals surface area contributed by atoms with Crippen molar-refractivity contribution in [3.05, 3.63) is 0 Å². The third kappa shape index (κ3) is 3.93. The van der Waals surface area contributed by atoms with Gasteiger partial charge in [0.05, 0.1) is 24.7 Å². The van der Waals surface area contributed by atoms with Gasteiger partial charge < -0.3 is 20.5 Å². The van der Waals surface area contributed by atoms with Crippen molar-refractivity contribution in [1.29, 1.82) is 0 Å². The maximum Gasteiger partial charge on any atom is 0.226 e. The lowest BCUT2D eigenvalue weighted by Crippen LogP contribution is -2.39. The Morgan fingerprint density at radius 1 is 1.39 bits per heavy atom. The van der Waals surface area contributed by atoms with Gasteiger partial charge in [0.2, 0.25) is 5.91 Å². The van der Waals surface area contributed by atoms with Gasteiger partial charge in [-0.15, -0.1) is 0 Å². The molecule has 0 bridgehead atoms. The molecule has 0 aliphatic carbocycles. The number of nitrogens with two attached hydrogens (primary N) is 1. The summed E-state index contributed by atoms with van der Waals surface area (Å²) in [5.41, 5.74) is 5.80. The Hall–Kier alpha value is -0.650. The molecule has 5 atom stereocenters. The van der Waals surface area contributed by atoms with Crippen LogP contribution < -0.4 is 11.1 Å². The highest BCUT2D eigenvalue weighted by atomic mass is 16.5. The molecule has 0 aromatic carbocycles. The molecule has 5 unspecified atom stereocenters. The Kier molecular flexibility index (Phi) is 6.05. The molecule has 1 rings (SSSR count). The zero-order valence-electron chi connectivity index (χ0n) is 11.8. The summed E-state index contributed by atoms with van der Waals surface area (Å²) < 4.78 is 10.6. The number of hydrogen-bond donors (Lipinski definition) is 2. The Balaban J connectivity index is 2.32. The second-order valence-corrected chi connectivity index (χ2v) is 5.23. The van der Waals surface area contributed by atoms with Crippen LogP contribution in [0.4, 0.5) is 0 Å². The first-order valence-corrected chi connectivity index (χ1v) is 6.65. The monoisotopic (exact) mass is 258 g/mol. The predicted octanol–water partition coefficient (Wildman–Crippen LogP) is 0.526. The number of carbonyl (C=O) groups is 1. The summed E-state index contributed by atoms with van der Waals surface area (Å²) in [4.78, 5) is 12.1. The summed E-state index contributed by atoms with van der Waals surface area (Å²) in [6, 6.07) is -0.0242. The van der Waals surface area contributed by atoms with Gasteiger partial charge in [0.15, 0.2) is 0 Å². The Morgan fingerprint density at radius 2 is 2.06 bits per heavy atom. The first-order valence-electron chi connectivity index (χ1n) is 6.65. The van der Waals surface area contributed by atoms with Gasteiger partial charge in [0, 0.05) is 19.7 Å². The first-order chi connectivity index (χ1) is 8.47. The second kappa shape index (κ2) is 7.07. The van der Waals surface area contributed by atoms with E-state index in [4.69, 9.17) is 15.2 Å². The van der Waals surface area contributed by atoms with Gasteiger partial charge in [0.25, 0.3) is 0 Å². The number of ether oxygens (including phenoxy) is 2. The minimum absolute atomic E-state index is 0.0114. The minimum atomic E-state index is -0.0568. The SMILES string of the molecule is COCC(N)CCNC(=O)C1C(C)OC(C)C1C. The van der Waals surface area contributed by atoms with Crippen molar-refractivity contribution in [2.75, 3.05) is 20.3 Å². The lowest BCUT2D eigenvalue weighted by Gasteiger charge is -2.18. The maximum atomic E-state index is 12.1. The van der Waals surface area contributed by atoms with E-state index in [1.807, 2.05) is 13.8 Å². The van der Waals surface area contributed by atoms with Gasteiger partial charge in [-0.3, -0.25) is 4.79 Å². The van der Waals surface area contributed by atoms with E-state index >= 15 is 0 Å². The van der Waals surface area contributed by atoms with E-state index in [2.05, 4.69) is 12.2 Å². The standard InChI is InChI=1S/C13H26N2O3/c1-8-9(2)18-10(3)12(8)13(16)15-6-5-11(14)7-17-4/h8-12H,5-7,14H2,1-4H3,(H,15,16). The zero-order chi connectivity index (χ0) is 13.7. The fraction of sp³-hybridized carbons (Fsp3) is 0.923. The van der Waals surface area contributed by atoms with Crippen LogP contribution >= 0.6 is 0 Å². The molecular weight excluding hydrogens is 232 g/mol. The van der Waals surface area contributed by atoms with E-state index in [-0.39, 0.29) is 36.0 Å². The molecule has 3 N–H and O–H groups in total. The van der Waals surface area contributed by atoms with Crippen molar-refractivity contribution in [2.24, 2.45) is 17.6 Å². The number of methoxy groups -OCH3 is 1. The van der Waals surface area contributed by atoms with E-state index in [0.29, 0.717) is 13.2 Å². The van der Waals surface area contributed by atoms with Crippen molar-refractivity contribution in [3.63, 3.8) is 0 Å². The second-order valence-electron chi connectivity index (χ2n) is 5.23.